The van der Waals surface area contributed by atoms with Crippen LogP contribution in [0, 0.1) is 5.92 Å². The Bertz CT molecular complexity index is 397. The van der Waals surface area contributed by atoms with Crippen molar-refractivity contribution in [1.82, 2.24) is 4.90 Å². The van der Waals surface area contributed by atoms with Crippen molar-refractivity contribution in [2.45, 2.75) is 19.4 Å². The van der Waals surface area contributed by atoms with Crippen LogP contribution < -0.4 is 4.74 Å². The first kappa shape index (κ1) is 15.3. The van der Waals surface area contributed by atoms with Gasteiger partial charge < -0.3 is 14.6 Å². The lowest BCUT2D eigenvalue weighted by atomic mass is 10.1. The van der Waals surface area contributed by atoms with E-state index >= 15 is 0 Å². The van der Waals surface area contributed by atoms with Crippen LogP contribution in [0.1, 0.15) is 18.4 Å². The Labute approximate surface area is 121 Å². The largest absolute Gasteiger partial charge is 0.493 e. The number of likely N-dealkylation sites (tertiary alicyclic amines) is 1. The van der Waals surface area contributed by atoms with Gasteiger partial charge in [0, 0.05) is 39.8 Å². The molecule has 0 radical (unpaired) electrons. The van der Waals surface area contributed by atoms with E-state index < -0.39 is 0 Å². The van der Waals surface area contributed by atoms with Crippen LogP contribution in [0.2, 0.25) is 0 Å². The lowest BCUT2D eigenvalue weighted by molar-refractivity contribution is 0.172. The fourth-order valence-corrected chi connectivity index (χ4v) is 2.59. The van der Waals surface area contributed by atoms with Gasteiger partial charge in [-0.2, -0.15) is 0 Å². The standard InChI is InChI=1S/C16H25NO3/c1-19-8-3-9-20-16-5-2-4-14(10-16)11-17-7-6-15(12-17)13-18/h2,4-5,10,15,18H,3,6-9,11-13H2,1H3. The van der Waals surface area contributed by atoms with E-state index in [1.807, 2.05) is 12.1 Å². The highest BCUT2D eigenvalue weighted by molar-refractivity contribution is 5.28. The van der Waals surface area contributed by atoms with E-state index in [0.717, 1.165) is 44.8 Å². The van der Waals surface area contributed by atoms with E-state index in [9.17, 15) is 5.11 Å². The Morgan fingerprint density at radius 1 is 1.35 bits per heavy atom. The van der Waals surface area contributed by atoms with Crippen molar-refractivity contribution in [3.05, 3.63) is 29.8 Å². The van der Waals surface area contributed by atoms with E-state index in [-0.39, 0.29) is 0 Å². The van der Waals surface area contributed by atoms with E-state index in [2.05, 4.69) is 17.0 Å². The molecule has 0 aliphatic carbocycles. The van der Waals surface area contributed by atoms with Crippen LogP contribution in [0.4, 0.5) is 0 Å². The van der Waals surface area contributed by atoms with Crippen molar-refractivity contribution in [2.75, 3.05) is 40.0 Å². The number of rotatable bonds is 8. The minimum absolute atomic E-state index is 0.305. The summed E-state index contributed by atoms with van der Waals surface area (Å²) in [5.74, 6) is 1.37. The average Bonchev–Trinajstić information content (AvgIpc) is 2.92. The summed E-state index contributed by atoms with van der Waals surface area (Å²) in [6.07, 6.45) is 2.01. The quantitative estimate of drug-likeness (QED) is 0.738. The maximum Gasteiger partial charge on any atom is 0.119 e. The van der Waals surface area contributed by atoms with Gasteiger partial charge in [0.15, 0.2) is 0 Å². The van der Waals surface area contributed by atoms with E-state index in [4.69, 9.17) is 9.47 Å². The first-order valence-electron chi connectivity index (χ1n) is 7.35. The van der Waals surface area contributed by atoms with Crippen LogP contribution in [-0.4, -0.2) is 50.0 Å². The van der Waals surface area contributed by atoms with Gasteiger partial charge in [-0.3, -0.25) is 4.90 Å². The number of benzene rings is 1. The summed E-state index contributed by atoms with van der Waals surface area (Å²) in [5.41, 5.74) is 1.27. The molecule has 0 bridgehead atoms. The van der Waals surface area contributed by atoms with Crippen LogP contribution in [-0.2, 0) is 11.3 Å². The lowest BCUT2D eigenvalue weighted by Gasteiger charge is -2.16. The molecule has 1 N–H and O–H groups in total. The Hall–Kier alpha value is -1.10. The monoisotopic (exact) mass is 279 g/mol. The van der Waals surface area contributed by atoms with Crippen LogP contribution in [0.25, 0.3) is 0 Å². The van der Waals surface area contributed by atoms with Crippen molar-refractivity contribution >= 4 is 0 Å². The molecule has 1 atom stereocenters. The summed E-state index contributed by atoms with van der Waals surface area (Å²) in [6.45, 7) is 4.73. The minimum atomic E-state index is 0.305. The van der Waals surface area contributed by atoms with Gasteiger partial charge in [-0.05, 0) is 36.6 Å². The molecule has 1 unspecified atom stereocenters. The first-order chi connectivity index (χ1) is 9.81. The zero-order valence-corrected chi connectivity index (χ0v) is 12.3. The lowest BCUT2D eigenvalue weighted by Crippen LogP contribution is -2.20. The number of ether oxygens (including phenoxy) is 2. The fraction of sp³-hybridized carbons (Fsp3) is 0.625. The summed E-state index contributed by atoms with van der Waals surface area (Å²) in [5, 5.41) is 9.18. The molecule has 0 saturated carbocycles. The molecule has 1 aromatic rings. The molecule has 4 nitrogen and oxygen atoms in total. The van der Waals surface area contributed by atoms with Crippen molar-refractivity contribution in [3.8, 4) is 5.75 Å². The average molecular weight is 279 g/mol. The smallest absolute Gasteiger partial charge is 0.119 e. The third-order valence-corrected chi connectivity index (χ3v) is 3.69. The van der Waals surface area contributed by atoms with Crippen LogP contribution in [0.3, 0.4) is 0 Å². The van der Waals surface area contributed by atoms with Gasteiger partial charge in [0.05, 0.1) is 6.61 Å². The van der Waals surface area contributed by atoms with Gasteiger partial charge in [-0.1, -0.05) is 12.1 Å². The zero-order valence-electron chi connectivity index (χ0n) is 12.3. The predicted molar refractivity (Wildman–Crippen MR) is 78.9 cm³/mol. The normalized spacial score (nSPS) is 19.4. The van der Waals surface area contributed by atoms with E-state index in [1.165, 1.54) is 5.56 Å². The Balaban J connectivity index is 1.80. The van der Waals surface area contributed by atoms with Crippen LogP contribution in [0.15, 0.2) is 24.3 Å². The second-order valence-corrected chi connectivity index (χ2v) is 5.41. The molecule has 1 aliphatic rings. The highest BCUT2D eigenvalue weighted by Gasteiger charge is 2.21. The number of nitrogens with zero attached hydrogens (tertiary/aromatic N) is 1. The van der Waals surface area contributed by atoms with E-state index in [0.29, 0.717) is 19.1 Å². The molecule has 0 amide bonds. The SMILES string of the molecule is COCCCOc1cccc(CN2CCC(CO)C2)c1. The molecule has 1 aromatic carbocycles. The summed E-state index contributed by atoms with van der Waals surface area (Å²) >= 11 is 0. The summed E-state index contributed by atoms with van der Waals surface area (Å²) in [6, 6.07) is 8.28. The molecule has 2 rings (SSSR count). The van der Waals surface area contributed by atoms with Gasteiger partial charge >= 0.3 is 0 Å². The Morgan fingerprint density at radius 3 is 3.00 bits per heavy atom. The highest BCUT2D eigenvalue weighted by atomic mass is 16.5. The number of methoxy groups -OCH3 is 1. The van der Waals surface area contributed by atoms with Gasteiger partial charge in [0.1, 0.15) is 5.75 Å². The summed E-state index contributed by atoms with van der Waals surface area (Å²) in [4.78, 5) is 2.39. The molecule has 4 heteroatoms. The molecule has 0 aromatic heterocycles. The third kappa shape index (κ3) is 4.78. The van der Waals surface area contributed by atoms with Gasteiger partial charge in [0.2, 0.25) is 0 Å². The molecule has 1 fully saturated rings. The number of aliphatic hydroxyl groups is 1. The maximum absolute atomic E-state index is 9.18. The predicted octanol–water partition coefficient (Wildman–Crippen LogP) is 1.92. The molecular formula is C16H25NO3. The van der Waals surface area contributed by atoms with Crippen LogP contribution >= 0.6 is 0 Å². The summed E-state index contributed by atoms with van der Waals surface area (Å²) in [7, 11) is 1.70. The molecule has 1 heterocycles. The number of hydrogen-bond donors (Lipinski definition) is 1. The first-order valence-corrected chi connectivity index (χ1v) is 7.35. The summed E-state index contributed by atoms with van der Waals surface area (Å²) < 4.78 is 10.7. The van der Waals surface area contributed by atoms with Crippen molar-refractivity contribution in [3.63, 3.8) is 0 Å². The molecular weight excluding hydrogens is 254 g/mol. The van der Waals surface area contributed by atoms with E-state index in [1.54, 1.807) is 7.11 Å². The third-order valence-electron chi connectivity index (χ3n) is 3.69. The highest BCUT2D eigenvalue weighted by Crippen LogP contribution is 2.20. The maximum atomic E-state index is 9.18. The zero-order chi connectivity index (χ0) is 14.2. The fourth-order valence-electron chi connectivity index (χ4n) is 2.59. The Morgan fingerprint density at radius 2 is 2.25 bits per heavy atom. The molecule has 0 spiro atoms. The van der Waals surface area contributed by atoms with Crippen molar-refractivity contribution in [1.29, 1.82) is 0 Å². The van der Waals surface area contributed by atoms with Crippen LogP contribution in [0.5, 0.6) is 5.75 Å². The second kappa shape index (κ2) is 8.25. The Kier molecular flexibility index (Phi) is 6.30. The number of hydrogen-bond acceptors (Lipinski definition) is 4. The minimum Gasteiger partial charge on any atom is -0.493 e. The topological polar surface area (TPSA) is 41.9 Å². The van der Waals surface area contributed by atoms with Crippen molar-refractivity contribution < 1.29 is 14.6 Å². The van der Waals surface area contributed by atoms with Crippen molar-refractivity contribution in [2.24, 2.45) is 5.92 Å². The molecule has 20 heavy (non-hydrogen) atoms. The molecule has 112 valence electrons. The van der Waals surface area contributed by atoms with Gasteiger partial charge in [0.25, 0.3) is 0 Å². The molecule has 1 saturated heterocycles. The second-order valence-electron chi connectivity index (χ2n) is 5.41. The molecule has 1 aliphatic heterocycles. The van der Waals surface area contributed by atoms with Gasteiger partial charge in [-0.15, -0.1) is 0 Å². The number of aliphatic hydroxyl groups excluding tert-OH is 1. The van der Waals surface area contributed by atoms with Gasteiger partial charge in [-0.25, -0.2) is 0 Å².